The van der Waals surface area contributed by atoms with Crippen molar-refractivity contribution >= 4 is 11.9 Å². The molecule has 0 bridgehead atoms. The molecule has 0 atom stereocenters. The number of amides is 1. The van der Waals surface area contributed by atoms with Crippen molar-refractivity contribution in [2.24, 2.45) is 7.05 Å². The van der Waals surface area contributed by atoms with Crippen molar-refractivity contribution < 1.29 is 14.7 Å². The zero-order valence-corrected chi connectivity index (χ0v) is 11.3. The van der Waals surface area contributed by atoms with Gasteiger partial charge in [-0.3, -0.25) is 4.79 Å². The predicted molar refractivity (Wildman–Crippen MR) is 72.5 cm³/mol. The third-order valence-electron chi connectivity index (χ3n) is 3.10. The number of pyridine rings is 1. The molecule has 0 saturated carbocycles. The maximum absolute atomic E-state index is 12.0. The zero-order chi connectivity index (χ0) is 14.7. The maximum Gasteiger partial charge on any atom is 0.354 e. The lowest BCUT2D eigenvalue weighted by Gasteiger charge is -2.07. The summed E-state index contributed by atoms with van der Waals surface area (Å²) in [4.78, 5) is 26.4. The lowest BCUT2D eigenvalue weighted by atomic mass is 10.2. The number of aromatic carboxylic acids is 1. The Bertz CT molecular complexity index is 644. The van der Waals surface area contributed by atoms with E-state index >= 15 is 0 Å². The number of carboxylic acids is 1. The molecule has 1 amide bonds. The number of rotatable bonds is 4. The molecule has 20 heavy (non-hydrogen) atoms. The molecule has 2 rings (SSSR count). The quantitative estimate of drug-likeness (QED) is 0.880. The molecule has 6 nitrogen and oxygen atoms in total. The van der Waals surface area contributed by atoms with Crippen LogP contribution < -0.4 is 5.32 Å². The Hall–Kier alpha value is -2.63. The van der Waals surface area contributed by atoms with Crippen molar-refractivity contribution in [2.75, 3.05) is 0 Å². The van der Waals surface area contributed by atoms with E-state index in [1.54, 1.807) is 16.7 Å². The highest BCUT2D eigenvalue weighted by Crippen LogP contribution is 2.06. The first-order valence-electron chi connectivity index (χ1n) is 6.08. The van der Waals surface area contributed by atoms with Crippen LogP contribution in [0.15, 0.2) is 30.5 Å². The first-order valence-corrected chi connectivity index (χ1v) is 6.08. The highest BCUT2D eigenvalue weighted by atomic mass is 16.4. The molecule has 0 fully saturated rings. The van der Waals surface area contributed by atoms with Gasteiger partial charge in [0.05, 0.1) is 0 Å². The van der Waals surface area contributed by atoms with Crippen molar-refractivity contribution in [1.82, 2.24) is 14.9 Å². The Morgan fingerprint density at radius 3 is 2.55 bits per heavy atom. The number of carboxylic acid groups (broad SMARTS) is 1. The summed E-state index contributed by atoms with van der Waals surface area (Å²) in [7, 11) is 1.83. The second-order valence-electron chi connectivity index (χ2n) is 4.46. The molecule has 0 radical (unpaired) electrons. The van der Waals surface area contributed by atoms with Crippen LogP contribution in [0.3, 0.4) is 0 Å². The minimum absolute atomic E-state index is 0.0156. The van der Waals surface area contributed by atoms with Crippen LogP contribution in [0.4, 0.5) is 0 Å². The SMILES string of the molecule is Cc1ccc(C(=O)NCc2ccc(C(=O)O)nc2)n1C. The van der Waals surface area contributed by atoms with Gasteiger partial charge in [0.15, 0.2) is 0 Å². The van der Waals surface area contributed by atoms with E-state index < -0.39 is 5.97 Å². The molecule has 0 aliphatic carbocycles. The number of nitrogens with one attached hydrogen (secondary N) is 1. The van der Waals surface area contributed by atoms with Crippen LogP contribution >= 0.6 is 0 Å². The van der Waals surface area contributed by atoms with Gasteiger partial charge in [0.25, 0.3) is 5.91 Å². The minimum Gasteiger partial charge on any atom is -0.477 e. The Balaban J connectivity index is 2.00. The number of nitrogens with zero attached hydrogens (tertiary/aromatic N) is 2. The third kappa shape index (κ3) is 2.85. The number of hydrogen-bond acceptors (Lipinski definition) is 3. The molecule has 2 heterocycles. The van der Waals surface area contributed by atoms with Crippen molar-refractivity contribution in [3.63, 3.8) is 0 Å². The highest BCUT2D eigenvalue weighted by Gasteiger charge is 2.10. The number of aromatic nitrogens is 2. The van der Waals surface area contributed by atoms with E-state index in [1.807, 2.05) is 20.0 Å². The van der Waals surface area contributed by atoms with Crippen LogP contribution in [-0.2, 0) is 13.6 Å². The molecular weight excluding hydrogens is 258 g/mol. The van der Waals surface area contributed by atoms with E-state index in [0.717, 1.165) is 11.3 Å². The van der Waals surface area contributed by atoms with E-state index in [-0.39, 0.29) is 11.6 Å². The zero-order valence-electron chi connectivity index (χ0n) is 11.3. The van der Waals surface area contributed by atoms with Gasteiger partial charge in [0.1, 0.15) is 11.4 Å². The molecule has 6 heteroatoms. The van der Waals surface area contributed by atoms with Crippen LogP contribution in [-0.4, -0.2) is 26.5 Å². The standard InChI is InChI=1S/C14H15N3O3/c1-9-3-6-12(17(9)2)13(18)16-8-10-4-5-11(14(19)20)15-7-10/h3-7H,8H2,1-2H3,(H,16,18)(H,19,20). The molecule has 0 unspecified atom stereocenters. The first-order chi connectivity index (χ1) is 9.49. The van der Waals surface area contributed by atoms with Gasteiger partial charge in [-0.15, -0.1) is 0 Å². The van der Waals surface area contributed by atoms with Gasteiger partial charge in [-0.05, 0) is 30.7 Å². The summed E-state index contributed by atoms with van der Waals surface area (Å²) in [5, 5.41) is 11.5. The van der Waals surface area contributed by atoms with Crippen molar-refractivity contribution in [3.05, 3.63) is 53.1 Å². The largest absolute Gasteiger partial charge is 0.477 e. The number of hydrogen-bond donors (Lipinski definition) is 2. The molecule has 2 aromatic rings. The summed E-state index contributed by atoms with van der Waals surface area (Å²) in [6.07, 6.45) is 1.44. The van der Waals surface area contributed by atoms with Crippen LogP contribution in [0.25, 0.3) is 0 Å². The molecule has 0 aliphatic rings. The van der Waals surface area contributed by atoms with E-state index in [0.29, 0.717) is 12.2 Å². The summed E-state index contributed by atoms with van der Waals surface area (Å²) in [5.74, 6) is -1.25. The Kier molecular flexibility index (Phi) is 3.84. The summed E-state index contributed by atoms with van der Waals surface area (Å²) in [5.41, 5.74) is 2.31. The predicted octanol–water partition coefficient (Wildman–Crippen LogP) is 1.36. The second-order valence-corrected chi connectivity index (χ2v) is 4.46. The Labute approximate surface area is 116 Å². The van der Waals surface area contributed by atoms with E-state index in [9.17, 15) is 9.59 Å². The number of carbonyl (C=O) groups is 2. The molecule has 2 N–H and O–H groups in total. The second kappa shape index (κ2) is 5.56. The molecule has 104 valence electrons. The summed E-state index contributed by atoms with van der Waals surface area (Å²) < 4.78 is 1.81. The highest BCUT2D eigenvalue weighted by molar-refractivity contribution is 5.92. The van der Waals surface area contributed by atoms with Gasteiger partial charge in [0, 0.05) is 25.5 Å². The summed E-state index contributed by atoms with van der Waals surface area (Å²) >= 11 is 0. The number of aryl methyl sites for hydroxylation is 1. The molecule has 0 saturated heterocycles. The fraction of sp³-hybridized carbons (Fsp3) is 0.214. The smallest absolute Gasteiger partial charge is 0.354 e. The average molecular weight is 273 g/mol. The Morgan fingerprint density at radius 2 is 2.05 bits per heavy atom. The summed E-state index contributed by atoms with van der Waals surface area (Å²) in [6.45, 7) is 2.22. The monoisotopic (exact) mass is 273 g/mol. The van der Waals surface area contributed by atoms with Crippen LogP contribution in [0.5, 0.6) is 0 Å². The first kappa shape index (κ1) is 13.8. The van der Waals surface area contributed by atoms with Crippen molar-refractivity contribution in [1.29, 1.82) is 0 Å². The Morgan fingerprint density at radius 1 is 1.30 bits per heavy atom. The van der Waals surface area contributed by atoms with Crippen LogP contribution in [0, 0.1) is 6.92 Å². The topological polar surface area (TPSA) is 84.2 Å². The summed E-state index contributed by atoms with van der Waals surface area (Å²) in [6, 6.07) is 6.68. The fourth-order valence-corrected chi connectivity index (χ4v) is 1.77. The van der Waals surface area contributed by atoms with Gasteiger partial charge in [-0.2, -0.15) is 0 Å². The molecule has 0 spiro atoms. The minimum atomic E-state index is -1.07. The molecule has 0 aliphatic heterocycles. The van der Waals surface area contributed by atoms with Crippen molar-refractivity contribution in [2.45, 2.75) is 13.5 Å². The lowest BCUT2D eigenvalue weighted by Crippen LogP contribution is -2.25. The molecule has 2 aromatic heterocycles. The van der Waals surface area contributed by atoms with E-state index in [4.69, 9.17) is 5.11 Å². The average Bonchev–Trinajstić information content (AvgIpc) is 2.77. The van der Waals surface area contributed by atoms with Crippen molar-refractivity contribution in [3.8, 4) is 0 Å². The number of carbonyl (C=O) groups excluding carboxylic acids is 1. The third-order valence-corrected chi connectivity index (χ3v) is 3.10. The maximum atomic E-state index is 12.0. The normalized spacial score (nSPS) is 10.3. The molecule has 0 aromatic carbocycles. The van der Waals surface area contributed by atoms with Gasteiger partial charge >= 0.3 is 5.97 Å². The van der Waals surface area contributed by atoms with Gasteiger partial charge in [0.2, 0.25) is 0 Å². The van der Waals surface area contributed by atoms with E-state index in [1.165, 1.54) is 12.3 Å². The van der Waals surface area contributed by atoms with E-state index in [2.05, 4.69) is 10.3 Å². The van der Waals surface area contributed by atoms with Crippen LogP contribution in [0.1, 0.15) is 32.2 Å². The van der Waals surface area contributed by atoms with Gasteiger partial charge < -0.3 is 15.0 Å². The van der Waals surface area contributed by atoms with Gasteiger partial charge in [-0.1, -0.05) is 6.07 Å². The fourth-order valence-electron chi connectivity index (χ4n) is 1.77. The lowest BCUT2D eigenvalue weighted by molar-refractivity contribution is 0.0690. The van der Waals surface area contributed by atoms with Gasteiger partial charge in [-0.25, -0.2) is 9.78 Å². The van der Waals surface area contributed by atoms with Crippen LogP contribution in [0.2, 0.25) is 0 Å². The molecular formula is C14H15N3O3.